The molecule has 3 aliphatic heterocycles. The van der Waals surface area contributed by atoms with E-state index in [4.69, 9.17) is 11.6 Å². The van der Waals surface area contributed by atoms with Gasteiger partial charge in [-0.25, -0.2) is 10.4 Å². The Morgan fingerprint density at radius 2 is 2.00 bits per heavy atom. The number of benzene rings is 1. The van der Waals surface area contributed by atoms with Gasteiger partial charge in [-0.05, 0) is 11.8 Å². The van der Waals surface area contributed by atoms with E-state index in [0.29, 0.717) is 12.0 Å². The van der Waals surface area contributed by atoms with Crippen molar-refractivity contribution < 1.29 is 0 Å². The van der Waals surface area contributed by atoms with Gasteiger partial charge < -0.3 is 0 Å². The monoisotopic (exact) mass is 353 g/mol. The van der Waals surface area contributed by atoms with Gasteiger partial charge in [0.25, 0.3) is 0 Å². The maximum absolute atomic E-state index is 6.74. The third-order valence-electron chi connectivity index (χ3n) is 4.99. The number of hydrogen-bond donors (Lipinski definition) is 3. The maximum Gasteiger partial charge on any atom is 0.129 e. The highest BCUT2D eigenvalue weighted by Gasteiger charge is 2.45. The van der Waals surface area contributed by atoms with Gasteiger partial charge >= 0.3 is 0 Å². The zero-order valence-electron chi connectivity index (χ0n) is 13.3. The molecular weight excluding hydrogens is 330 g/mol. The summed E-state index contributed by atoms with van der Waals surface area (Å²) in [6, 6.07) is 11.0. The van der Waals surface area contributed by atoms with Gasteiger partial charge in [0.2, 0.25) is 0 Å². The first kappa shape index (κ1) is 16.1. The average Bonchev–Trinajstić information content (AvgIpc) is 2.96. The van der Waals surface area contributed by atoms with Crippen LogP contribution >= 0.6 is 23.4 Å². The highest BCUT2D eigenvalue weighted by atomic mass is 35.5. The molecule has 3 heterocycles. The zero-order valence-corrected chi connectivity index (χ0v) is 14.9. The molecule has 0 saturated carbocycles. The summed E-state index contributed by atoms with van der Waals surface area (Å²) < 4.78 is 0. The number of nitrogens with zero attached hydrogens (tertiary/aromatic N) is 2. The number of hydrazine groups is 1. The lowest BCUT2D eigenvalue weighted by molar-refractivity contribution is 0.00877. The first-order valence-corrected chi connectivity index (χ1v) is 9.93. The van der Waals surface area contributed by atoms with Crippen molar-refractivity contribution in [1.82, 2.24) is 26.0 Å². The lowest BCUT2D eigenvalue weighted by atomic mass is 9.89. The normalized spacial score (nSPS) is 38.3. The second kappa shape index (κ2) is 6.88. The van der Waals surface area contributed by atoms with Gasteiger partial charge in [0.15, 0.2) is 0 Å². The van der Waals surface area contributed by atoms with Crippen molar-refractivity contribution in [1.29, 1.82) is 0 Å². The summed E-state index contributed by atoms with van der Waals surface area (Å²) in [4.78, 5) is 2.49. The molecule has 7 heteroatoms. The van der Waals surface area contributed by atoms with Crippen LogP contribution < -0.4 is 16.1 Å². The predicted molar refractivity (Wildman–Crippen MR) is 95.8 cm³/mol. The zero-order chi connectivity index (χ0) is 15.8. The molecule has 0 bridgehead atoms. The molecule has 23 heavy (non-hydrogen) atoms. The van der Waals surface area contributed by atoms with Crippen molar-refractivity contribution in [3.63, 3.8) is 0 Å². The highest BCUT2D eigenvalue weighted by molar-refractivity contribution is 7.99. The second-order valence-corrected chi connectivity index (χ2v) is 8.12. The van der Waals surface area contributed by atoms with Crippen LogP contribution in [0.3, 0.4) is 0 Å². The third kappa shape index (κ3) is 3.39. The quantitative estimate of drug-likeness (QED) is 0.706. The number of nitrogens with one attached hydrogen (secondary N) is 3. The predicted octanol–water partition coefficient (Wildman–Crippen LogP) is 1.04. The number of piperidine rings is 1. The molecule has 0 aromatic heterocycles. The van der Waals surface area contributed by atoms with Gasteiger partial charge in [0.05, 0.1) is 5.38 Å². The molecule has 1 aromatic carbocycles. The SMILES string of the molecule is CSC1NC2NC3C(Cl)CN(Cc4ccccc4)CC3CN2N1. The van der Waals surface area contributed by atoms with Gasteiger partial charge in [0, 0.05) is 38.1 Å². The third-order valence-corrected chi connectivity index (χ3v) is 6.12. The fraction of sp³-hybridized carbons (Fsp3) is 0.625. The molecule has 5 unspecified atom stereocenters. The van der Waals surface area contributed by atoms with Gasteiger partial charge in [0.1, 0.15) is 11.8 Å². The standard InChI is InChI=1S/C16H24ClN5S/c1-23-16-19-15-18-14-12(9-22(15)20-16)8-21(10-13(14)17)7-11-5-3-2-4-6-11/h2-6,12-16,18-20H,7-10H2,1H3. The molecule has 3 saturated heterocycles. The number of halogens is 1. The maximum atomic E-state index is 6.74. The largest absolute Gasteiger partial charge is 0.297 e. The van der Waals surface area contributed by atoms with Crippen molar-refractivity contribution in [2.75, 3.05) is 25.9 Å². The van der Waals surface area contributed by atoms with E-state index in [1.165, 1.54) is 5.56 Å². The molecule has 0 amide bonds. The Morgan fingerprint density at radius 1 is 1.17 bits per heavy atom. The molecule has 126 valence electrons. The fourth-order valence-corrected chi connectivity index (χ4v) is 4.88. The lowest BCUT2D eigenvalue weighted by Crippen LogP contribution is -2.69. The van der Waals surface area contributed by atoms with Crippen LogP contribution in [-0.4, -0.2) is 59.0 Å². The lowest BCUT2D eigenvalue weighted by Gasteiger charge is -2.48. The summed E-state index contributed by atoms with van der Waals surface area (Å²) in [5, 5.41) is 9.68. The second-order valence-electron chi connectivity index (χ2n) is 6.61. The van der Waals surface area contributed by atoms with Crippen LogP contribution in [0.25, 0.3) is 0 Å². The average molecular weight is 354 g/mol. The number of thioether (sulfide) groups is 1. The molecule has 3 aliphatic rings. The number of alkyl halides is 1. The number of rotatable bonds is 3. The van der Waals surface area contributed by atoms with E-state index in [1.54, 1.807) is 11.8 Å². The Labute approximate surface area is 147 Å². The Morgan fingerprint density at radius 3 is 2.78 bits per heavy atom. The van der Waals surface area contributed by atoms with E-state index in [0.717, 1.165) is 26.2 Å². The van der Waals surface area contributed by atoms with Crippen LogP contribution in [0.15, 0.2) is 30.3 Å². The molecule has 0 spiro atoms. The van der Waals surface area contributed by atoms with Crippen LogP contribution in [0.4, 0.5) is 0 Å². The molecule has 5 atom stereocenters. The van der Waals surface area contributed by atoms with Crippen LogP contribution in [-0.2, 0) is 6.54 Å². The van der Waals surface area contributed by atoms with Crippen LogP contribution in [0, 0.1) is 5.92 Å². The molecule has 0 aliphatic carbocycles. The Balaban J connectivity index is 1.42. The van der Waals surface area contributed by atoms with E-state index in [9.17, 15) is 0 Å². The van der Waals surface area contributed by atoms with Crippen molar-refractivity contribution in [3.8, 4) is 0 Å². The van der Waals surface area contributed by atoms with Crippen molar-refractivity contribution >= 4 is 23.4 Å². The van der Waals surface area contributed by atoms with Crippen LogP contribution in [0.5, 0.6) is 0 Å². The minimum Gasteiger partial charge on any atom is -0.297 e. The van der Waals surface area contributed by atoms with E-state index in [2.05, 4.69) is 62.6 Å². The molecule has 0 radical (unpaired) electrons. The van der Waals surface area contributed by atoms with Crippen molar-refractivity contribution in [2.45, 2.75) is 29.8 Å². The van der Waals surface area contributed by atoms with Crippen molar-refractivity contribution in [2.24, 2.45) is 5.92 Å². The summed E-state index contributed by atoms with van der Waals surface area (Å²) in [7, 11) is 0. The van der Waals surface area contributed by atoms with Gasteiger partial charge in [-0.2, -0.15) is 0 Å². The van der Waals surface area contributed by atoms with Gasteiger partial charge in [-0.15, -0.1) is 23.4 Å². The summed E-state index contributed by atoms with van der Waals surface area (Å²) in [6.45, 7) is 4.04. The first-order chi connectivity index (χ1) is 11.2. The Hall–Kier alpha value is -0.340. The molecular formula is C16H24ClN5S. The Kier molecular flexibility index (Phi) is 4.83. The van der Waals surface area contributed by atoms with Crippen LogP contribution in [0.2, 0.25) is 0 Å². The Bertz CT molecular complexity index is 532. The summed E-state index contributed by atoms with van der Waals surface area (Å²) in [5.41, 5.74) is 5.16. The first-order valence-electron chi connectivity index (χ1n) is 8.21. The number of fused-ring (bicyclic) bond motifs is 2. The minimum absolute atomic E-state index is 0.148. The van der Waals surface area contributed by atoms with E-state index >= 15 is 0 Å². The topological polar surface area (TPSA) is 42.6 Å². The molecule has 3 N–H and O–H groups in total. The van der Waals surface area contributed by atoms with E-state index in [1.807, 2.05) is 0 Å². The van der Waals surface area contributed by atoms with Crippen molar-refractivity contribution in [3.05, 3.63) is 35.9 Å². The van der Waals surface area contributed by atoms with E-state index < -0.39 is 0 Å². The smallest absolute Gasteiger partial charge is 0.129 e. The molecule has 3 fully saturated rings. The summed E-state index contributed by atoms with van der Waals surface area (Å²) in [5.74, 6) is 0.543. The molecule has 1 aromatic rings. The van der Waals surface area contributed by atoms with E-state index in [-0.39, 0.29) is 17.2 Å². The molecule has 5 nitrogen and oxygen atoms in total. The molecule has 4 rings (SSSR count). The number of hydrogen-bond acceptors (Lipinski definition) is 6. The van der Waals surface area contributed by atoms with Gasteiger partial charge in [-0.3, -0.25) is 15.5 Å². The summed E-state index contributed by atoms with van der Waals surface area (Å²) in [6.07, 6.45) is 2.30. The summed E-state index contributed by atoms with van der Waals surface area (Å²) >= 11 is 8.52. The number of likely N-dealkylation sites (tertiary alicyclic amines) is 1. The fourth-order valence-electron chi connectivity index (χ4n) is 3.91. The highest BCUT2D eigenvalue weighted by Crippen LogP contribution is 2.29. The van der Waals surface area contributed by atoms with Crippen LogP contribution in [0.1, 0.15) is 5.56 Å². The van der Waals surface area contributed by atoms with Gasteiger partial charge in [-0.1, -0.05) is 30.3 Å². The minimum atomic E-state index is 0.148.